The highest BCUT2D eigenvalue weighted by atomic mass is 35.5. The summed E-state index contributed by atoms with van der Waals surface area (Å²) in [5.41, 5.74) is 2.53. The van der Waals surface area contributed by atoms with Gasteiger partial charge in [0.15, 0.2) is 0 Å². The molecule has 0 amide bonds. The van der Waals surface area contributed by atoms with Crippen LogP contribution in [0.3, 0.4) is 0 Å². The van der Waals surface area contributed by atoms with Crippen molar-refractivity contribution in [2.24, 2.45) is 0 Å². The molecule has 0 aromatic heterocycles. The van der Waals surface area contributed by atoms with Crippen LogP contribution in [0.15, 0.2) is 18.2 Å². The van der Waals surface area contributed by atoms with Gasteiger partial charge in [0.25, 0.3) is 0 Å². The van der Waals surface area contributed by atoms with Crippen LogP contribution >= 0.6 is 11.6 Å². The van der Waals surface area contributed by atoms with E-state index in [0.29, 0.717) is 5.38 Å². The minimum Gasteiger partial charge on any atom is -0.496 e. The van der Waals surface area contributed by atoms with E-state index in [4.69, 9.17) is 16.3 Å². The second-order valence-corrected chi connectivity index (χ2v) is 5.05. The molecule has 16 heavy (non-hydrogen) atoms. The van der Waals surface area contributed by atoms with E-state index in [1.807, 2.05) is 6.07 Å². The normalized spacial score (nSPS) is 21.3. The molecular weight excluding hydrogens is 222 g/mol. The third-order valence-corrected chi connectivity index (χ3v) is 3.40. The molecule has 0 spiro atoms. The van der Waals surface area contributed by atoms with Crippen LogP contribution in [0.4, 0.5) is 0 Å². The number of nitrogens with zero attached hydrogens (tertiary/aromatic N) is 1. The highest BCUT2D eigenvalue weighted by molar-refractivity contribution is 6.20. The van der Waals surface area contributed by atoms with Gasteiger partial charge >= 0.3 is 0 Å². The Morgan fingerprint density at radius 2 is 2.31 bits per heavy atom. The Morgan fingerprint density at radius 3 is 2.94 bits per heavy atom. The molecule has 1 fully saturated rings. The number of rotatable bonds is 3. The van der Waals surface area contributed by atoms with Crippen molar-refractivity contribution in [3.05, 3.63) is 29.3 Å². The maximum Gasteiger partial charge on any atom is 0.123 e. The average Bonchev–Trinajstić information content (AvgIpc) is 2.64. The number of aryl methyl sites for hydroxylation is 1. The zero-order chi connectivity index (χ0) is 11.5. The van der Waals surface area contributed by atoms with Crippen LogP contribution in [-0.4, -0.2) is 30.5 Å². The minimum absolute atomic E-state index is 0.316. The summed E-state index contributed by atoms with van der Waals surface area (Å²) in [6.07, 6.45) is 1.09. The van der Waals surface area contributed by atoms with Crippen LogP contribution < -0.4 is 4.74 Å². The summed E-state index contributed by atoms with van der Waals surface area (Å²) in [6, 6.07) is 6.32. The van der Waals surface area contributed by atoms with Crippen molar-refractivity contribution >= 4 is 11.6 Å². The van der Waals surface area contributed by atoms with Gasteiger partial charge in [-0.25, -0.2) is 0 Å². The number of methoxy groups -OCH3 is 1. The lowest BCUT2D eigenvalue weighted by Gasteiger charge is -2.17. The molecule has 3 heteroatoms. The van der Waals surface area contributed by atoms with E-state index >= 15 is 0 Å². The lowest BCUT2D eigenvalue weighted by Crippen LogP contribution is -2.20. The van der Waals surface area contributed by atoms with Crippen LogP contribution in [0.2, 0.25) is 0 Å². The lowest BCUT2D eigenvalue weighted by molar-refractivity contribution is 0.321. The van der Waals surface area contributed by atoms with E-state index < -0.39 is 0 Å². The summed E-state index contributed by atoms with van der Waals surface area (Å²) in [7, 11) is 1.72. The first-order chi connectivity index (χ1) is 7.69. The molecule has 88 valence electrons. The van der Waals surface area contributed by atoms with Crippen LogP contribution in [0.5, 0.6) is 5.75 Å². The van der Waals surface area contributed by atoms with Gasteiger partial charge in [-0.2, -0.15) is 0 Å². The fraction of sp³-hybridized carbons (Fsp3) is 0.538. The Kier molecular flexibility index (Phi) is 3.72. The van der Waals surface area contributed by atoms with Crippen molar-refractivity contribution in [1.82, 2.24) is 4.90 Å². The van der Waals surface area contributed by atoms with Crippen LogP contribution in [0.1, 0.15) is 17.5 Å². The van der Waals surface area contributed by atoms with Crippen molar-refractivity contribution in [2.75, 3.05) is 20.2 Å². The molecule has 1 aliphatic rings. The van der Waals surface area contributed by atoms with Gasteiger partial charge in [0, 0.05) is 24.0 Å². The molecular formula is C13H18ClNO. The zero-order valence-corrected chi connectivity index (χ0v) is 10.6. The number of benzene rings is 1. The van der Waals surface area contributed by atoms with E-state index in [9.17, 15) is 0 Å². The molecule has 1 atom stereocenters. The first-order valence-electron chi connectivity index (χ1n) is 5.69. The Balaban J connectivity index is 2.10. The van der Waals surface area contributed by atoms with Crippen LogP contribution in [0.25, 0.3) is 0 Å². The summed E-state index contributed by atoms with van der Waals surface area (Å²) >= 11 is 6.11. The number of halogens is 1. The fourth-order valence-electron chi connectivity index (χ4n) is 2.20. The predicted octanol–water partition coefficient (Wildman–Crippen LogP) is 2.82. The smallest absolute Gasteiger partial charge is 0.123 e. The standard InChI is InChI=1S/C13H18ClNO/c1-10-3-4-13(16-2)11(7-10)8-15-6-5-12(14)9-15/h3-4,7,12H,5-6,8-9H2,1-2H3. The summed E-state index contributed by atoms with van der Waals surface area (Å²) in [4.78, 5) is 2.38. The summed E-state index contributed by atoms with van der Waals surface area (Å²) in [5, 5.41) is 0.316. The molecule has 1 aromatic rings. The highest BCUT2D eigenvalue weighted by Crippen LogP contribution is 2.24. The molecule has 1 saturated heterocycles. The first-order valence-corrected chi connectivity index (χ1v) is 6.12. The van der Waals surface area contributed by atoms with E-state index in [2.05, 4.69) is 24.0 Å². The third-order valence-electron chi connectivity index (χ3n) is 3.04. The number of hydrogen-bond acceptors (Lipinski definition) is 2. The molecule has 0 saturated carbocycles. The third kappa shape index (κ3) is 2.69. The van der Waals surface area contributed by atoms with Crippen LogP contribution in [-0.2, 0) is 6.54 Å². The van der Waals surface area contributed by atoms with E-state index in [0.717, 1.165) is 31.8 Å². The topological polar surface area (TPSA) is 12.5 Å². The Hall–Kier alpha value is -0.730. The van der Waals surface area contributed by atoms with Crippen molar-refractivity contribution < 1.29 is 4.74 Å². The monoisotopic (exact) mass is 239 g/mol. The molecule has 1 aliphatic heterocycles. The largest absolute Gasteiger partial charge is 0.496 e. The predicted molar refractivity (Wildman–Crippen MR) is 67.3 cm³/mol. The maximum atomic E-state index is 6.11. The van der Waals surface area contributed by atoms with Crippen molar-refractivity contribution in [3.8, 4) is 5.75 Å². The van der Waals surface area contributed by atoms with Gasteiger partial charge in [0.2, 0.25) is 0 Å². The Bertz CT molecular complexity index is 367. The maximum absolute atomic E-state index is 6.11. The van der Waals surface area contributed by atoms with Gasteiger partial charge in [0.1, 0.15) is 5.75 Å². The van der Waals surface area contributed by atoms with Gasteiger partial charge in [0.05, 0.1) is 7.11 Å². The van der Waals surface area contributed by atoms with Gasteiger partial charge in [-0.3, -0.25) is 4.90 Å². The SMILES string of the molecule is COc1ccc(C)cc1CN1CCC(Cl)C1. The van der Waals surface area contributed by atoms with E-state index in [1.54, 1.807) is 7.11 Å². The minimum atomic E-state index is 0.316. The van der Waals surface area contributed by atoms with E-state index in [1.165, 1.54) is 11.1 Å². The molecule has 0 N–H and O–H groups in total. The molecule has 2 nitrogen and oxygen atoms in total. The highest BCUT2D eigenvalue weighted by Gasteiger charge is 2.21. The molecule has 2 rings (SSSR count). The van der Waals surface area contributed by atoms with Crippen LogP contribution in [0, 0.1) is 6.92 Å². The molecule has 0 radical (unpaired) electrons. The lowest BCUT2D eigenvalue weighted by atomic mass is 10.1. The fourth-order valence-corrected chi connectivity index (χ4v) is 2.49. The summed E-state index contributed by atoms with van der Waals surface area (Å²) in [5.74, 6) is 0.976. The van der Waals surface area contributed by atoms with Gasteiger partial charge in [-0.05, 0) is 26.0 Å². The Labute approximate surface area is 102 Å². The first kappa shape index (κ1) is 11.7. The molecule has 0 aliphatic carbocycles. The van der Waals surface area contributed by atoms with Crippen molar-refractivity contribution in [2.45, 2.75) is 25.3 Å². The average molecular weight is 240 g/mol. The number of alkyl halides is 1. The second kappa shape index (κ2) is 5.07. The number of likely N-dealkylation sites (tertiary alicyclic amines) is 1. The van der Waals surface area contributed by atoms with Crippen molar-refractivity contribution in [1.29, 1.82) is 0 Å². The number of hydrogen-bond donors (Lipinski definition) is 0. The molecule has 0 bridgehead atoms. The zero-order valence-electron chi connectivity index (χ0n) is 9.87. The second-order valence-electron chi connectivity index (χ2n) is 4.44. The van der Waals surface area contributed by atoms with Gasteiger partial charge in [-0.1, -0.05) is 17.7 Å². The Morgan fingerprint density at radius 1 is 1.50 bits per heavy atom. The summed E-state index contributed by atoms with van der Waals surface area (Å²) < 4.78 is 5.38. The molecule has 1 aromatic carbocycles. The van der Waals surface area contributed by atoms with E-state index in [-0.39, 0.29) is 0 Å². The van der Waals surface area contributed by atoms with Gasteiger partial charge < -0.3 is 4.74 Å². The number of ether oxygens (including phenoxy) is 1. The van der Waals surface area contributed by atoms with Crippen molar-refractivity contribution in [3.63, 3.8) is 0 Å². The molecule has 1 heterocycles. The quantitative estimate of drug-likeness (QED) is 0.753. The molecule has 1 unspecified atom stereocenters. The van der Waals surface area contributed by atoms with Gasteiger partial charge in [-0.15, -0.1) is 11.6 Å². The summed E-state index contributed by atoms with van der Waals surface area (Å²) in [6.45, 7) is 5.12.